The van der Waals surface area contributed by atoms with Crippen molar-refractivity contribution in [1.29, 1.82) is 0 Å². The molecule has 2 saturated carbocycles. The molecular formula is C15H24. The Kier molecular flexibility index (Phi) is 2.79. The summed E-state index contributed by atoms with van der Waals surface area (Å²) in [6, 6.07) is 0. The van der Waals surface area contributed by atoms with Gasteiger partial charge in [-0.05, 0) is 63.2 Å². The van der Waals surface area contributed by atoms with E-state index >= 15 is 0 Å². The molecule has 0 amide bonds. The quantitative estimate of drug-likeness (QED) is 0.581. The lowest BCUT2D eigenvalue weighted by atomic mass is 9.85. The van der Waals surface area contributed by atoms with Crippen molar-refractivity contribution >= 4 is 0 Å². The van der Waals surface area contributed by atoms with Crippen molar-refractivity contribution in [2.45, 2.75) is 52.9 Å². The van der Waals surface area contributed by atoms with Crippen molar-refractivity contribution in [3.63, 3.8) is 0 Å². The average Bonchev–Trinajstić information content (AvgIpc) is 2.82. The molecule has 0 aromatic rings. The second-order valence-corrected chi connectivity index (χ2v) is 5.91. The van der Waals surface area contributed by atoms with Gasteiger partial charge in [-0.25, -0.2) is 0 Å². The third-order valence-electron chi connectivity index (χ3n) is 4.66. The summed E-state index contributed by atoms with van der Waals surface area (Å²) in [7, 11) is 0. The molecule has 1 unspecified atom stereocenters. The number of fused-ring (bicyclic) bond motifs is 1. The molecular weight excluding hydrogens is 180 g/mol. The standard InChI is InChI=1S/C15H24/c1-11(2)6-5-7-13(4)15-9-8-12(3)14(15)10-15/h6,13-14H,3,5,7-10H2,1-2,4H3/t13?,14-,15-/m0/s1. The molecule has 3 atom stereocenters. The smallest absolute Gasteiger partial charge is 0.0141 e. The Morgan fingerprint density at radius 3 is 2.80 bits per heavy atom. The van der Waals surface area contributed by atoms with E-state index in [-0.39, 0.29) is 0 Å². The maximum Gasteiger partial charge on any atom is -0.0141 e. The van der Waals surface area contributed by atoms with Gasteiger partial charge in [-0.3, -0.25) is 0 Å². The molecule has 2 aliphatic carbocycles. The lowest BCUT2D eigenvalue weighted by Crippen LogP contribution is -2.11. The summed E-state index contributed by atoms with van der Waals surface area (Å²) in [6.07, 6.45) is 9.19. The molecule has 0 nitrogen and oxygen atoms in total. The van der Waals surface area contributed by atoms with Crippen LogP contribution in [-0.2, 0) is 0 Å². The van der Waals surface area contributed by atoms with Crippen LogP contribution >= 0.6 is 0 Å². The van der Waals surface area contributed by atoms with E-state index in [1.165, 1.54) is 37.7 Å². The van der Waals surface area contributed by atoms with Gasteiger partial charge in [0, 0.05) is 0 Å². The third-order valence-corrected chi connectivity index (χ3v) is 4.66. The van der Waals surface area contributed by atoms with Crippen molar-refractivity contribution in [2.75, 3.05) is 0 Å². The monoisotopic (exact) mass is 204 g/mol. The molecule has 0 bridgehead atoms. The molecule has 2 aliphatic rings. The van der Waals surface area contributed by atoms with Crippen LogP contribution in [0.5, 0.6) is 0 Å². The first-order valence-corrected chi connectivity index (χ1v) is 6.37. The highest BCUT2D eigenvalue weighted by atomic mass is 14.6. The van der Waals surface area contributed by atoms with E-state index < -0.39 is 0 Å². The van der Waals surface area contributed by atoms with Crippen LogP contribution in [0, 0.1) is 17.3 Å². The Balaban J connectivity index is 1.85. The van der Waals surface area contributed by atoms with Crippen LogP contribution in [0.15, 0.2) is 23.8 Å². The number of hydrogen-bond donors (Lipinski definition) is 0. The fourth-order valence-corrected chi connectivity index (χ4v) is 3.42. The molecule has 0 aliphatic heterocycles. The second-order valence-electron chi connectivity index (χ2n) is 5.91. The minimum atomic E-state index is 0.701. The lowest BCUT2D eigenvalue weighted by molar-refractivity contribution is 0.302. The maximum absolute atomic E-state index is 4.20. The highest BCUT2D eigenvalue weighted by Gasteiger charge is 2.60. The summed E-state index contributed by atoms with van der Waals surface area (Å²) in [5.41, 5.74) is 3.71. The molecule has 2 rings (SSSR count). The van der Waals surface area contributed by atoms with Crippen molar-refractivity contribution in [2.24, 2.45) is 17.3 Å². The molecule has 0 aromatic heterocycles. The number of hydrogen-bond acceptors (Lipinski definition) is 0. The van der Waals surface area contributed by atoms with E-state index in [4.69, 9.17) is 0 Å². The van der Waals surface area contributed by atoms with Gasteiger partial charge in [-0.1, -0.05) is 30.7 Å². The predicted molar refractivity (Wildman–Crippen MR) is 66.7 cm³/mol. The molecule has 2 fully saturated rings. The molecule has 0 radical (unpaired) electrons. The van der Waals surface area contributed by atoms with E-state index in [1.54, 1.807) is 5.57 Å². The summed E-state index contributed by atoms with van der Waals surface area (Å²) < 4.78 is 0. The number of rotatable bonds is 4. The predicted octanol–water partition coefficient (Wildman–Crippen LogP) is 4.73. The zero-order chi connectivity index (χ0) is 11.1. The van der Waals surface area contributed by atoms with Gasteiger partial charge in [0.1, 0.15) is 0 Å². The van der Waals surface area contributed by atoms with Crippen LogP contribution in [-0.4, -0.2) is 0 Å². The van der Waals surface area contributed by atoms with Gasteiger partial charge < -0.3 is 0 Å². The topological polar surface area (TPSA) is 0 Å². The first kappa shape index (κ1) is 11.0. The van der Waals surface area contributed by atoms with Crippen LogP contribution in [0.3, 0.4) is 0 Å². The normalized spacial score (nSPS) is 34.9. The summed E-state index contributed by atoms with van der Waals surface area (Å²) in [5.74, 6) is 1.80. The largest absolute Gasteiger partial charge is 0.0996 e. The fourth-order valence-electron chi connectivity index (χ4n) is 3.42. The summed E-state index contributed by atoms with van der Waals surface area (Å²) in [5, 5.41) is 0. The highest BCUT2D eigenvalue weighted by Crippen LogP contribution is 2.69. The van der Waals surface area contributed by atoms with Crippen LogP contribution in [0.1, 0.15) is 52.9 Å². The van der Waals surface area contributed by atoms with E-state index in [1.807, 2.05) is 0 Å². The molecule has 0 aromatic carbocycles. The molecule has 84 valence electrons. The van der Waals surface area contributed by atoms with Gasteiger partial charge in [-0.2, -0.15) is 0 Å². The zero-order valence-electron chi connectivity index (χ0n) is 10.5. The highest BCUT2D eigenvalue weighted by molar-refractivity contribution is 5.26. The maximum atomic E-state index is 4.20. The van der Waals surface area contributed by atoms with Crippen molar-refractivity contribution in [3.05, 3.63) is 23.8 Å². The van der Waals surface area contributed by atoms with E-state index in [2.05, 4.69) is 33.4 Å². The van der Waals surface area contributed by atoms with Crippen molar-refractivity contribution in [1.82, 2.24) is 0 Å². The molecule has 0 spiro atoms. The number of allylic oxidation sites excluding steroid dienone is 3. The van der Waals surface area contributed by atoms with Crippen LogP contribution in [0.4, 0.5) is 0 Å². The van der Waals surface area contributed by atoms with Gasteiger partial charge in [0.2, 0.25) is 0 Å². The first-order chi connectivity index (χ1) is 7.06. The first-order valence-electron chi connectivity index (χ1n) is 6.37. The summed E-state index contributed by atoms with van der Waals surface area (Å²) in [6.45, 7) is 11.0. The summed E-state index contributed by atoms with van der Waals surface area (Å²) >= 11 is 0. The van der Waals surface area contributed by atoms with E-state index in [9.17, 15) is 0 Å². The van der Waals surface area contributed by atoms with Gasteiger partial charge in [0.15, 0.2) is 0 Å². The SMILES string of the molecule is C=C1CC[C@@]2(C(C)CCC=C(C)C)C[C@@H]12. The van der Waals surface area contributed by atoms with Crippen LogP contribution in [0.2, 0.25) is 0 Å². The zero-order valence-corrected chi connectivity index (χ0v) is 10.5. The summed E-state index contributed by atoms with van der Waals surface area (Å²) in [4.78, 5) is 0. The van der Waals surface area contributed by atoms with Crippen LogP contribution < -0.4 is 0 Å². The lowest BCUT2D eigenvalue weighted by Gasteiger charge is -2.20. The Hall–Kier alpha value is -0.520. The Labute approximate surface area is 94.5 Å². The molecule has 15 heavy (non-hydrogen) atoms. The third kappa shape index (κ3) is 1.91. The fraction of sp³-hybridized carbons (Fsp3) is 0.733. The Morgan fingerprint density at radius 1 is 1.60 bits per heavy atom. The van der Waals surface area contributed by atoms with Gasteiger partial charge in [0.25, 0.3) is 0 Å². The van der Waals surface area contributed by atoms with Gasteiger partial charge >= 0.3 is 0 Å². The molecule has 0 heteroatoms. The minimum absolute atomic E-state index is 0.701. The molecule has 0 saturated heterocycles. The van der Waals surface area contributed by atoms with E-state index in [0.29, 0.717) is 5.41 Å². The molecule has 0 heterocycles. The average molecular weight is 204 g/mol. The van der Waals surface area contributed by atoms with Crippen molar-refractivity contribution in [3.8, 4) is 0 Å². The van der Waals surface area contributed by atoms with Gasteiger partial charge in [-0.15, -0.1) is 0 Å². The second kappa shape index (κ2) is 3.81. The Morgan fingerprint density at radius 2 is 2.33 bits per heavy atom. The van der Waals surface area contributed by atoms with Crippen LogP contribution in [0.25, 0.3) is 0 Å². The van der Waals surface area contributed by atoms with Crippen molar-refractivity contribution < 1.29 is 0 Å². The van der Waals surface area contributed by atoms with E-state index in [0.717, 1.165) is 11.8 Å². The minimum Gasteiger partial charge on any atom is -0.0996 e. The van der Waals surface area contributed by atoms with Gasteiger partial charge in [0.05, 0.1) is 0 Å². The Bertz CT molecular complexity index is 293. The molecule has 0 N–H and O–H groups in total.